The van der Waals surface area contributed by atoms with Gasteiger partial charge in [-0.15, -0.1) is 5.10 Å². The molecule has 0 unspecified atom stereocenters. The van der Waals surface area contributed by atoms with Crippen LogP contribution in [0.4, 0.5) is 5.69 Å². The minimum absolute atomic E-state index is 0.0000839. The summed E-state index contributed by atoms with van der Waals surface area (Å²) < 4.78 is 0. The van der Waals surface area contributed by atoms with Gasteiger partial charge in [0.15, 0.2) is 16.7 Å². The summed E-state index contributed by atoms with van der Waals surface area (Å²) in [7, 11) is 0. The van der Waals surface area contributed by atoms with E-state index in [9.17, 15) is 20.3 Å². The Morgan fingerprint density at radius 1 is 1.25 bits per heavy atom. The van der Waals surface area contributed by atoms with Gasteiger partial charge in [0, 0.05) is 5.75 Å². The Bertz CT molecular complexity index is 794. The van der Waals surface area contributed by atoms with Crippen LogP contribution in [-0.4, -0.2) is 26.5 Å². The van der Waals surface area contributed by atoms with Crippen LogP contribution in [-0.2, 0) is 5.75 Å². The van der Waals surface area contributed by atoms with Gasteiger partial charge in [0.1, 0.15) is 0 Å². The first kappa shape index (κ1) is 17.3. The number of phenolic OH excluding ortho intramolecular Hbond substituents is 2. The molecule has 4 N–H and O–H groups in total. The second-order valence-electron chi connectivity index (χ2n) is 4.61. The van der Waals surface area contributed by atoms with Crippen molar-refractivity contribution in [2.45, 2.75) is 5.75 Å². The Balaban J connectivity index is 2.07. The van der Waals surface area contributed by atoms with Crippen molar-refractivity contribution in [1.82, 2.24) is 0 Å². The highest BCUT2D eigenvalue weighted by atomic mass is 32.2. The topological polar surface area (TPSA) is 134 Å². The van der Waals surface area contributed by atoms with Crippen molar-refractivity contribution in [2.24, 2.45) is 15.9 Å². The van der Waals surface area contributed by atoms with Gasteiger partial charge in [-0.3, -0.25) is 10.1 Å². The van der Waals surface area contributed by atoms with E-state index in [0.717, 1.165) is 23.9 Å². The van der Waals surface area contributed by atoms with Crippen LogP contribution < -0.4 is 5.73 Å². The number of nitrogens with zero attached hydrogens (tertiary/aromatic N) is 3. The standard InChI is InChI=1S/C15H14N4O4S/c16-15(24-9-10-4-2-1-3-5-10)18-17-8-11-6-13(20)14(21)7-12(11)19(22)23/h1-8,20-21H,9H2,(H2,16,18). The largest absolute Gasteiger partial charge is 0.504 e. The molecule has 0 amide bonds. The number of phenols is 2. The average Bonchev–Trinajstić information content (AvgIpc) is 2.56. The lowest BCUT2D eigenvalue weighted by Crippen LogP contribution is -2.06. The second-order valence-corrected chi connectivity index (χ2v) is 5.61. The van der Waals surface area contributed by atoms with Gasteiger partial charge < -0.3 is 15.9 Å². The zero-order valence-corrected chi connectivity index (χ0v) is 13.2. The molecule has 0 atom stereocenters. The summed E-state index contributed by atoms with van der Waals surface area (Å²) in [5.41, 5.74) is 6.38. The molecule has 0 saturated heterocycles. The van der Waals surface area contributed by atoms with Crippen molar-refractivity contribution in [3.8, 4) is 11.5 Å². The summed E-state index contributed by atoms with van der Waals surface area (Å²) in [4.78, 5) is 10.2. The Kier molecular flexibility index (Phi) is 5.74. The number of thioether (sulfide) groups is 1. The second kappa shape index (κ2) is 7.97. The van der Waals surface area contributed by atoms with E-state index in [1.54, 1.807) is 0 Å². The zero-order chi connectivity index (χ0) is 17.5. The zero-order valence-electron chi connectivity index (χ0n) is 12.4. The monoisotopic (exact) mass is 346 g/mol. The van der Waals surface area contributed by atoms with Gasteiger partial charge in [-0.25, -0.2) is 0 Å². The lowest BCUT2D eigenvalue weighted by atomic mass is 10.1. The molecule has 0 aliphatic carbocycles. The molecule has 0 fully saturated rings. The molecule has 124 valence electrons. The third-order valence-corrected chi connectivity index (χ3v) is 3.76. The molecule has 0 saturated carbocycles. The Hall–Kier alpha value is -3.07. The van der Waals surface area contributed by atoms with E-state index in [1.807, 2.05) is 30.3 Å². The van der Waals surface area contributed by atoms with E-state index in [4.69, 9.17) is 5.73 Å². The smallest absolute Gasteiger partial charge is 0.282 e. The first-order valence-corrected chi connectivity index (χ1v) is 7.69. The highest BCUT2D eigenvalue weighted by molar-refractivity contribution is 8.13. The number of nitro groups is 1. The molecule has 9 heteroatoms. The fraction of sp³-hybridized carbons (Fsp3) is 0.0667. The van der Waals surface area contributed by atoms with E-state index >= 15 is 0 Å². The fourth-order valence-electron chi connectivity index (χ4n) is 1.75. The maximum atomic E-state index is 10.9. The van der Waals surface area contributed by atoms with Crippen LogP contribution in [0.1, 0.15) is 11.1 Å². The molecule has 0 spiro atoms. The van der Waals surface area contributed by atoms with Crippen molar-refractivity contribution >= 4 is 28.8 Å². The molecule has 0 aliphatic heterocycles. The van der Waals surface area contributed by atoms with Gasteiger partial charge in [0.25, 0.3) is 5.69 Å². The quantitative estimate of drug-likeness (QED) is 0.250. The van der Waals surface area contributed by atoms with Gasteiger partial charge in [-0.1, -0.05) is 42.1 Å². The van der Waals surface area contributed by atoms with E-state index in [0.29, 0.717) is 5.75 Å². The lowest BCUT2D eigenvalue weighted by Gasteiger charge is -2.01. The van der Waals surface area contributed by atoms with E-state index < -0.39 is 22.1 Å². The Labute approximate surface area is 141 Å². The summed E-state index contributed by atoms with van der Waals surface area (Å²) in [5, 5.41) is 37.3. The summed E-state index contributed by atoms with van der Waals surface area (Å²) in [6, 6.07) is 11.5. The van der Waals surface area contributed by atoms with Crippen LogP contribution in [0.3, 0.4) is 0 Å². The third-order valence-electron chi connectivity index (χ3n) is 2.90. The number of nitrogens with two attached hydrogens (primary N) is 1. The van der Waals surface area contributed by atoms with Crippen LogP contribution in [0.15, 0.2) is 52.7 Å². The van der Waals surface area contributed by atoms with Crippen molar-refractivity contribution < 1.29 is 15.1 Å². The van der Waals surface area contributed by atoms with Gasteiger partial charge in [0.2, 0.25) is 0 Å². The van der Waals surface area contributed by atoms with Gasteiger partial charge in [0.05, 0.1) is 22.8 Å². The minimum Gasteiger partial charge on any atom is -0.504 e. The molecule has 0 aromatic heterocycles. The molecule has 0 bridgehead atoms. The maximum Gasteiger partial charge on any atom is 0.282 e. The molecular weight excluding hydrogens is 332 g/mol. The molecule has 0 aliphatic rings. The predicted molar refractivity (Wildman–Crippen MR) is 93.4 cm³/mol. The van der Waals surface area contributed by atoms with E-state index in [2.05, 4.69) is 10.2 Å². The van der Waals surface area contributed by atoms with Crippen LogP contribution in [0.2, 0.25) is 0 Å². The Morgan fingerprint density at radius 3 is 2.58 bits per heavy atom. The average molecular weight is 346 g/mol. The summed E-state index contributed by atoms with van der Waals surface area (Å²) in [5.74, 6) is -0.455. The number of aromatic hydroxyl groups is 2. The minimum atomic E-state index is -0.697. The number of rotatable bonds is 5. The SMILES string of the molecule is NC(=NN=Cc1cc(O)c(O)cc1[N+](=O)[O-])SCc1ccccc1. The number of benzene rings is 2. The van der Waals surface area contributed by atoms with Gasteiger partial charge >= 0.3 is 0 Å². The van der Waals surface area contributed by atoms with Crippen molar-refractivity contribution in [1.29, 1.82) is 0 Å². The number of nitro benzene ring substituents is 1. The first-order chi connectivity index (χ1) is 11.5. The van der Waals surface area contributed by atoms with Crippen LogP contribution >= 0.6 is 11.8 Å². The van der Waals surface area contributed by atoms with Gasteiger partial charge in [-0.05, 0) is 11.6 Å². The van der Waals surface area contributed by atoms with Crippen LogP contribution in [0.5, 0.6) is 11.5 Å². The summed E-state index contributed by atoms with van der Waals surface area (Å²) in [6.07, 6.45) is 1.09. The maximum absolute atomic E-state index is 10.9. The molecule has 8 nitrogen and oxygen atoms in total. The Morgan fingerprint density at radius 2 is 1.92 bits per heavy atom. The van der Waals surface area contributed by atoms with Gasteiger partial charge in [-0.2, -0.15) is 5.10 Å². The number of amidine groups is 1. The molecule has 24 heavy (non-hydrogen) atoms. The highest BCUT2D eigenvalue weighted by Crippen LogP contribution is 2.31. The molecule has 2 aromatic carbocycles. The van der Waals surface area contributed by atoms with Crippen molar-refractivity contribution in [3.63, 3.8) is 0 Å². The molecule has 0 heterocycles. The van der Waals surface area contributed by atoms with E-state index in [-0.39, 0.29) is 10.7 Å². The van der Waals surface area contributed by atoms with Crippen molar-refractivity contribution in [3.05, 3.63) is 63.7 Å². The molecule has 2 rings (SSSR count). The van der Waals surface area contributed by atoms with Crippen LogP contribution in [0, 0.1) is 10.1 Å². The molecular formula is C15H14N4O4S. The van der Waals surface area contributed by atoms with Crippen LogP contribution in [0.25, 0.3) is 0 Å². The first-order valence-electron chi connectivity index (χ1n) is 6.71. The number of hydrogen-bond acceptors (Lipinski definition) is 7. The number of hydrogen-bond donors (Lipinski definition) is 3. The molecule has 0 radical (unpaired) electrons. The normalized spacial score (nSPS) is 11.8. The molecule has 2 aromatic rings. The fourth-order valence-corrected chi connectivity index (χ4v) is 2.36. The predicted octanol–water partition coefficient (Wildman–Crippen LogP) is 2.59. The summed E-state index contributed by atoms with van der Waals surface area (Å²) >= 11 is 1.27. The van der Waals surface area contributed by atoms with E-state index in [1.165, 1.54) is 11.8 Å². The highest BCUT2D eigenvalue weighted by Gasteiger charge is 2.16. The third kappa shape index (κ3) is 4.71. The summed E-state index contributed by atoms with van der Waals surface area (Å²) in [6.45, 7) is 0. The lowest BCUT2D eigenvalue weighted by molar-refractivity contribution is -0.385. The van der Waals surface area contributed by atoms with Crippen molar-refractivity contribution in [2.75, 3.05) is 0 Å².